The molecule has 0 fully saturated rings. The second-order valence-electron chi connectivity index (χ2n) is 6.93. The van der Waals surface area contributed by atoms with Gasteiger partial charge in [-0.25, -0.2) is 4.79 Å². The number of nitrogens with two attached hydrogens (primary N) is 1. The van der Waals surface area contributed by atoms with Crippen molar-refractivity contribution in [3.63, 3.8) is 0 Å². The van der Waals surface area contributed by atoms with Gasteiger partial charge in [-0.2, -0.15) is 0 Å². The number of benzene rings is 1. The molecule has 1 heterocycles. The minimum absolute atomic E-state index is 0.224. The predicted octanol–water partition coefficient (Wildman–Crippen LogP) is 3.59. The zero-order chi connectivity index (χ0) is 16.6. The van der Waals surface area contributed by atoms with Crippen molar-refractivity contribution in [2.75, 3.05) is 0 Å². The van der Waals surface area contributed by atoms with Crippen LogP contribution < -0.4 is 11.3 Å². The molecule has 1 aromatic heterocycles. The Morgan fingerprint density at radius 2 is 2.04 bits per heavy atom. The van der Waals surface area contributed by atoms with Crippen molar-refractivity contribution in [2.45, 2.75) is 39.7 Å². The Morgan fingerprint density at radius 3 is 2.65 bits per heavy atom. The highest BCUT2D eigenvalue weighted by Gasteiger charge is 2.32. The quantitative estimate of drug-likeness (QED) is 0.591. The molecule has 0 spiro atoms. The molecule has 1 aliphatic rings. The first-order valence-corrected chi connectivity index (χ1v) is 8.63. The summed E-state index contributed by atoms with van der Waals surface area (Å²) in [6.45, 7) is 5.11. The number of aryl methyl sites for hydroxylation is 1. The van der Waals surface area contributed by atoms with Crippen molar-refractivity contribution >= 4 is 17.3 Å². The van der Waals surface area contributed by atoms with Gasteiger partial charge in [0, 0.05) is 17.0 Å². The first kappa shape index (κ1) is 16.2. The lowest BCUT2D eigenvalue weighted by Crippen LogP contribution is -2.21. The van der Waals surface area contributed by atoms with Gasteiger partial charge in [0.25, 0.3) is 0 Å². The van der Waals surface area contributed by atoms with Gasteiger partial charge in [-0.3, -0.25) is 11.3 Å². The summed E-state index contributed by atoms with van der Waals surface area (Å²) in [6.07, 6.45) is 3.02. The third kappa shape index (κ3) is 3.17. The summed E-state index contributed by atoms with van der Waals surface area (Å²) in [4.78, 5) is 13.4. The van der Waals surface area contributed by atoms with Crippen LogP contribution in [0.5, 0.6) is 0 Å². The Bertz CT molecular complexity index is 732. The summed E-state index contributed by atoms with van der Waals surface area (Å²) in [6, 6.07) is 8.00. The molecule has 0 aliphatic heterocycles. The van der Waals surface area contributed by atoms with Crippen LogP contribution in [0.3, 0.4) is 0 Å². The van der Waals surface area contributed by atoms with E-state index in [1.807, 2.05) is 24.3 Å². The second-order valence-corrected chi connectivity index (χ2v) is 8.04. The topological polar surface area (TPSA) is 75.3 Å². The number of hydrogen-bond acceptors (Lipinski definition) is 4. The minimum atomic E-state index is -0.829. The Labute approximate surface area is 140 Å². The van der Waals surface area contributed by atoms with Gasteiger partial charge < -0.3 is 5.11 Å². The van der Waals surface area contributed by atoms with Crippen molar-refractivity contribution in [3.05, 3.63) is 45.1 Å². The van der Waals surface area contributed by atoms with E-state index in [0.29, 0.717) is 11.4 Å². The summed E-state index contributed by atoms with van der Waals surface area (Å²) >= 11 is 1.45. The number of carbonyl (C=O) groups is 1. The molecule has 23 heavy (non-hydrogen) atoms. The summed E-state index contributed by atoms with van der Waals surface area (Å²) in [7, 11) is 0. The molecule has 2 aromatic rings. The maximum atomic E-state index is 11.7. The molecular weight excluding hydrogens is 308 g/mol. The van der Waals surface area contributed by atoms with Crippen LogP contribution in [0, 0.1) is 5.41 Å². The second kappa shape index (κ2) is 6.07. The molecule has 4 N–H and O–H groups in total. The van der Waals surface area contributed by atoms with Gasteiger partial charge in [0.1, 0.15) is 4.88 Å². The van der Waals surface area contributed by atoms with Gasteiger partial charge >= 0.3 is 5.97 Å². The van der Waals surface area contributed by atoms with Crippen molar-refractivity contribution in [2.24, 2.45) is 11.3 Å². The van der Waals surface area contributed by atoms with Gasteiger partial charge in [0.2, 0.25) is 0 Å². The SMILES string of the molecule is CC1(C)CCc2sc(C(=O)O)c(-c3ccc(CNN)cc3)c2C1. The summed E-state index contributed by atoms with van der Waals surface area (Å²) in [5.74, 6) is 4.52. The molecule has 3 rings (SSSR count). The molecule has 4 nitrogen and oxygen atoms in total. The molecule has 0 saturated carbocycles. The maximum Gasteiger partial charge on any atom is 0.346 e. The average molecular weight is 330 g/mol. The third-order valence-electron chi connectivity index (χ3n) is 4.52. The number of carboxylic acids is 1. The molecule has 5 heteroatoms. The zero-order valence-corrected chi connectivity index (χ0v) is 14.3. The van der Waals surface area contributed by atoms with Crippen LogP contribution in [0.2, 0.25) is 0 Å². The van der Waals surface area contributed by atoms with E-state index in [2.05, 4.69) is 19.3 Å². The fourth-order valence-electron chi connectivity index (χ4n) is 3.28. The van der Waals surface area contributed by atoms with E-state index in [1.165, 1.54) is 21.8 Å². The number of hydrogen-bond donors (Lipinski definition) is 3. The largest absolute Gasteiger partial charge is 0.477 e. The molecule has 0 unspecified atom stereocenters. The Kier molecular flexibility index (Phi) is 4.27. The molecule has 0 radical (unpaired) electrons. The third-order valence-corrected chi connectivity index (χ3v) is 5.80. The van der Waals surface area contributed by atoms with Crippen LogP contribution in [0.1, 0.15) is 45.9 Å². The van der Waals surface area contributed by atoms with E-state index < -0.39 is 5.97 Å². The Morgan fingerprint density at radius 1 is 1.35 bits per heavy atom. The molecular formula is C18H22N2O2S. The normalized spacial score (nSPS) is 16.1. The predicted molar refractivity (Wildman–Crippen MR) is 93.5 cm³/mol. The first-order valence-electron chi connectivity index (χ1n) is 7.82. The number of nitrogens with one attached hydrogen (secondary N) is 1. The standard InChI is InChI=1S/C18H22N2O2S/c1-18(2)8-7-14-13(9-18)15(16(23-14)17(21)22)12-5-3-11(4-6-12)10-20-19/h3-6,20H,7-10,19H2,1-2H3,(H,21,22). The Balaban J connectivity index is 2.10. The van der Waals surface area contributed by atoms with E-state index in [9.17, 15) is 9.90 Å². The van der Waals surface area contributed by atoms with E-state index in [4.69, 9.17) is 5.84 Å². The number of hydrazine groups is 1. The van der Waals surface area contributed by atoms with Crippen LogP contribution in [-0.4, -0.2) is 11.1 Å². The Hall–Kier alpha value is -1.69. The van der Waals surface area contributed by atoms with Crippen LogP contribution >= 0.6 is 11.3 Å². The lowest BCUT2D eigenvalue weighted by Gasteiger charge is -2.30. The summed E-state index contributed by atoms with van der Waals surface area (Å²) in [5.41, 5.74) is 7.07. The number of fused-ring (bicyclic) bond motifs is 1. The highest BCUT2D eigenvalue weighted by atomic mass is 32.1. The number of carboxylic acid groups (broad SMARTS) is 1. The minimum Gasteiger partial charge on any atom is -0.477 e. The van der Waals surface area contributed by atoms with Gasteiger partial charge in [-0.15, -0.1) is 11.3 Å². The van der Waals surface area contributed by atoms with Crippen molar-refractivity contribution < 1.29 is 9.90 Å². The first-order chi connectivity index (χ1) is 10.9. The molecule has 0 saturated heterocycles. The van der Waals surface area contributed by atoms with Crippen LogP contribution in [-0.2, 0) is 19.4 Å². The number of rotatable bonds is 4. The molecule has 1 aliphatic carbocycles. The van der Waals surface area contributed by atoms with Gasteiger partial charge in [-0.05, 0) is 41.4 Å². The molecule has 1 aromatic carbocycles. The molecule has 0 atom stereocenters. The zero-order valence-electron chi connectivity index (χ0n) is 13.5. The van der Waals surface area contributed by atoms with E-state index >= 15 is 0 Å². The van der Waals surface area contributed by atoms with Crippen LogP contribution in [0.25, 0.3) is 11.1 Å². The molecule has 122 valence electrons. The lowest BCUT2D eigenvalue weighted by atomic mass is 9.75. The highest BCUT2D eigenvalue weighted by molar-refractivity contribution is 7.14. The monoisotopic (exact) mass is 330 g/mol. The lowest BCUT2D eigenvalue weighted by molar-refractivity contribution is 0.0703. The summed E-state index contributed by atoms with van der Waals surface area (Å²) < 4.78 is 0. The van der Waals surface area contributed by atoms with Crippen LogP contribution in [0.4, 0.5) is 0 Å². The smallest absolute Gasteiger partial charge is 0.346 e. The van der Waals surface area contributed by atoms with Gasteiger partial charge in [-0.1, -0.05) is 38.1 Å². The number of aromatic carboxylic acids is 1. The van der Waals surface area contributed by atoms with Crippen molar-refractivity contribution in [3.8, 4) is 11.1 Å². The fourth-order valence-corrected chi connectivity index (χ4v) is 4.46. The fraction of sp³-hybridized carbons (Fsp3) is 0.389. The van der Waals surface area contributed by atoms with E-state index in [1.54, 1.807) is 0 Å². The highest BCUT2D eigenvalue weighted by Crippen LogP contribution is 2.45. The number of thiophene rings is 1. The maximum absolute atomic E-state index is 11.7. The summed E-state index contributed by atoms with van der Waals surface area (Å²) in [5, 5.41) is 9.63. The molecule has 0 amide bonds. The van der Waals surface area contributed by atoms with Crippen LogP contribution in [0.15, 0.2) is 24.3 Å². The van der Waals surface area contributed by atoms with Crippen molar-refractivity contribution in [1.82, 2.24) is 5.43 Å². The van der Waals surface area contributed by atoms with Crippen molar-refractivity contribution in [1.29, 1.82) is 0 Å². The molecule has 0 bridgehead atoms. The van der Waals surface area contributed by atoms with Gasteiger partial charge in [0.15, 0.2) is 0 Å². The van der Waals surface area contributed by atoms with E-state index in [-0.39, 0.29) is 5.41 Å². The average Bonchev–Trinajstić information content (AvgIpc) is 2.86. The van der Waals surface area contributed by atoms with Gasteiger partial charge in [0.05, 0.1) is 0 Å². The van der Waals surface area contributed by atoms with E-state index in [0.717, 1.165) is 36.0 Å².